The highest BCUT2D eigenvalue weighted by Crippen LogP contribution is 2.32. The molecule has 0 fully saturated rings. The van der Waals surface area contributed by atoms with Crippen LogP contribution >= 0.6 is 35.4 Å². The van der Waals surface area contributed by atoms with Gasteiger partial charge in [0.05, 0.1) is 5.02 Å². The van der Waals surface area contributed by atoms with Gasteiger partial charge in [0.25, 0.3) is 0 Å². The molecular formula is C31H25Cl2N3O3S. The summed E-state index contributed by atoms with van der Waals surface area (Å²) < 4.78 is 11.7. The summed E-state index contributed by atoms with van der Waals surface area (Å²) in [5.41, 5.74) is 4.89. The topological polar surface area (TPSA) is 80.3 Å². The third-order valence-corrected chi connectivity index (χ3v) is 6.85. The van der Waals surface area contributed by atoms with Crippen LogP contribution in [0.2, 0.25) is 10.0 Å². The Bertz CT molecular complexity index is 1750. The normalized spacial score (nSPS) is 11.7. The Hall–Kier alpha value is -3.91. The van der Waals surface area contributed by atoms with Crippen molar-refractivity contribution in [2.75, 3.05) is 5.32 Å². The van der Waals surface area contributed by atoms with Crippen molar-refractivity contribution in [2.45, 2.75) is 26.2 Å². The van der Waals surface area contributed by atoms with Gasteiger partial charge in [-0.3, -0.25) is 10.1 Å². The number of amides is 1. The fraction of sp³-hybridized carbons (Fsp3) is 0.129. The molecule has 2 heterocycles. The number of carbonyl (C=O) groups is 1. The number of aromatic nitrogens is 1. The molecule has 0 spiro atoms. The second-order valence-corrected chi connectivity index (χ2v) is 11.4. The van der Waals surface area contributed by atoms with Crippen LogP contribution in [-0.4, -0.2) is 16.0 Å². The smallest absolute Gasteiger partial charge is 0.250 e. The molecule has 0 aliphatic carbocycles. The highest BCUT2D eigenvalue weighted by atomic mass is 35.5. The molecule has 5 rings (SSSR count). The van der Waals surface area contributed by atoms with Crippen LogP contribution in [0.5, 0.6) is 0 Å². The molecule has 3 aromatic carbocycles. The van der Waals surface area contributed by atoms with E-state index in [4.69, 9.17) is 44.3 Å². The molecule has 2 aromatic heterocycles. The lowest BCUT2D eigenvalue weighted by atomic mass is 9.87. The monoisotopic (exact) mass is 589 g/mol. The summed E-state index contributed by atoms with van der Waals surface area (Å²) in [6.07, 6.45) is 2.88. The van der Waals surface area contributed by atoms with Crippen molar-refractivity contribution in [3.8, 4) is 22.8 Å². The molecule has 0 radical (unpaired) electrons. The molecule has 0 aliphatic heterocycles. The fourth-order valence-corrected chi connectivity index (χ4v) is 4.71. The van der Waals surface area contributed by atoms with Crippen molar-refractivity contribution in [1.82, 2.24) is 10.3 Å². The molecule has 0 bridgehead atoms. The quantitative estimate of drug-likeness (QED) is 0.157. The molecular weight excluding hydrogens is 565 g/mol. The van der Waals surface area contributed by atoms with Gasteiger partial charge in [-0.05, 0) is 89.9 Å². The number of nitrogens with one attached hydrogen (secondary N) is 2. The van der Waals surface area contributed by atoms with Crippen LogP contribution in [-0.2, 0) is 10.2 Å². The molecule has 0 saturated carbocycles. The maximum Gasteiger partial charge on any atom is 0.250 e. The van der Waals surface area contributed by atoms with Crippen molar-refractivity contribution in [1.29, 1.82) is 0 Å². The minimum atomic E-state index is -0.413. The molecule has 9 heteroatoms. The number of oxazole rings is 1. The van der Waals surface area contributed by atoms with Gasteiger partial charge >= 0.3 is 0 Å². The fourth-order valence-electron chi connectivity index (χ4n) is 3.99. The van der Waals surface area contributed by atoms with E-state index >= 15 is 0 Å². The third-order valence-electron chi connectivity index (χ3n) is 6.10. The van der Waals surface area contributed by atoms with Crippen LogP contribution in [0, 0.1) is 0 Å². The van der Waals surface area contributed by atoms with E-state index in [-0.39, 0.29) is 10.5 Å². The Kier molecular flexibility index (Phi) is 7.81. The molecule has 6 nitrogen and oxygen atoms in total. The zero-order valence-corrected chi connectivity index (χ0v) is 24.2. The van der Waals surface area contributed by atoms with Crippen LogP contribution < -0.4 is 10.6 Å². The summed E-state index contributed by atoms with van der Waals surface area (Å²) in [6, 6.07) is 22.3. The van der Waals surface area contributed by atoms with Crippen molar-refractivity contribution in [3.63, 3.8) is 0 Å². The van der Waals surface area contributed by atoms with Crippen LogP contribution in [0.1, 0.15) is 32.1 Å². The van der Waals surface area contributed by atoms with Crippen molar-refractivity contribution < 1.29 is 13.6 Å². The Balaban J connectivity index is 1.20. The molecule has 5 aromatic rings. The molecule has 0 atom stereocenters. The molecule has 202 valence electrons. The second kappa shape index (κ2) is 11.3. The molecule has 40 heavy (non-hydrogen) atoms. The zero-order valence-electron chi connectivity index (χ0n) is 21.9. The number of fused-ring (bicyclic) bond motifs is 1. The van der Waals surface area contributed by atoms with Gasteiger partial charge in [0, 0.05) is 27.9 Å². The predicted molar refractivity (Wildman–Crippen MR) is 166 cm³/mol. The first kappa shape index (κ1) is 27.6. The lowest BCUT2D eigenvalue weighted by molar-refractivity contribution is -0.115. The molecule has 0 unspecified atom stereocenters. The number of halogens is 2. The summed E-state index contributed by atoms with van der Waals surface area (Å²) in [4.78, 5) is 17.0. The summed E-state index contributed by atoms with van der Waals surface area (Å²) in [5.74, 6) is 1.17. The van der Waals surface area contributed by atoms with Gasteiger partial charge in [-0.1, -0.05) is 56.1 Å². The van der Waals surface area contributed by atoms with E-state index in [0.29, 0.717) is 49.8 Å². The van der Waals surface area contributed by atoms with E-state index in [2.05, 4.69) is 48.5 Å². The summed E-state index contributed by atoms with van der Waals surface area (Å²) >= 11 is 17.5. The number of thiocarbonyl (C=S) groups is 1. The highest BCUT2D eigenvalue weighted by molar-refractivity contribution is 7.80. The number of carbonyl (C=O) groups excluding carboxylic acids is 1. The summed E-state index contributed by atoms with van der Waals surface area (Å²) in [5, 5.41) is 6.78. The number of hydrogen-bond acceptors (Lipinski definition) is 5. The van der Waals surface area contributed by atoms with Gasteiger partial charge in [0.2, 0.25) is 11.8 Å². The maximum absolute atomic E-state index is 12.4. The van der Waals surface area contributed by atoms with E-state index in [1.807, 2.05) is 24.3 Å². The number of hydrogen-bond donors (Lipinski definition) is 2. The van der Waals surface area contributed by atoms with E-state index < -0.39 is 5.91 Å². The Morgan fingerprint density at radius 3 is 2.45 bits per heavy atom. The second-order valence-electron chi connectivity index (χ2n) is 10.1. The molecule has 2 N–H and O–H groups in total. The number of benzene rings is 3. The van der Waals surface area contributed by atoms with E-state index in [1.165, 1.54) is 11.6 Å². The molecule has 1 amide bonds. The maximum atomic E-state index is 12.4. The SMILES string of the molecule is CC(C)(C)c1ccc(-c2nc3cc(NC(=S)NC(=O)/C=C/c4ccc(-c5ccc(Cl)cc5Cl)o4)ccc3o2)cc1. The Morgan fingerprint density at radius 2 is 1.73 bits per heavy atom. The first-order chi connectivity index (χ1) is 19.0. The standard InChI is InChI=1S/C31H25Cl2N3O3S/c1-31(2,3)19-6-4-18(5-7-19)29-35-25-17-21(9-13-27(25)39-29)34-30(40)36-28(37)15-11-22-10-14-26(38-22)23-12-8-20(32)16-24(23)33/h4-17H,1-3H3,(H2,34,36,37,40)/b15-11+. The third kappa shape index (κ3) is 6.45. The number of rotatable bonds is 5. The van der Waals surface area contributed by atoms with E-state index in [9.17, 15) is 4.79 Å². The van der Waals surface area contributed by atoms with Gasteiger partial charge in [-0.2, -0.15) is 0 Å². The zero-order chi connectivity index (χ0) is 28.4. The van der Waals surface area contributed by atoms with Crippen LogP contribution in [0.4, 0.5) is 5.69 Å². The minimum Gasteiger partial charge on any atom is -0.457 e. The van der Waals surface area contributed by atoms with Gasteiger partial charge in [0.1, 0.15) is 17.0 Å². The van der Waals surface area contributed by atoms with Gasteiger partial charge in [-0.25, -0.2) is 4.98 Å². The molecule has 0 saturated heterocycles. The van der Waals surface area contributed by atoms with Gasteiger partial charge in [0.15, 0.2) is 10.7 Å². The van der Waals surface area contributed by atoms with Gasteiger partial charge < -0.3 is 14.2 Å². The minimum absolute atomic E-state index is 0.0686. The lowest BCUT2D eigenvalue weighted by Gasteiger charge is -2.18. The number of furan rings is 1. The Labute approximate surface area is 247 Å². The number of anilines is 1. The van der Waals surface area contributed by atoms with E-state index in [0.717, 1.165) is 5.56 Å². The largest absolute Gasteiger partial charge is 0.457 e. The number of nitrogens with zero attached hydrogens (tertiary/aromatic N) is 1. The predicted octanol–water partition coefficient (Wildman–Crippen LogP) is 8.89. The average Bonchev–Trinajstić information content (AvgIpc) is 3.54. The Morgan fingerprint density at radius 1 is 0.950 bits per heavy atom. The summed E-state index contributed by atoms with van der Waals surface area (Å²) in [6.45, 7) is 6.52. The van der Waals surface area contributed by atoms with E-state index in [1.54, 1.807) is 42.5 Å². The van der Waals surface area contributed by atoms with Gasteiger partial charge in [-0.15, -0.1) is 0 Å². The summed E-state index contributed by atoms with van der Waals surface area (Å²) in [7, 11) is 0. The first-order valence-electron chi connectivity index (χ1n) is 12.4. The van der Waals surface area contributed by atoms with Crippen LogP contribution in [0.3, 0.4) is 0 Å². The van der Waals surface area contributed by atoms with Crippen LogP contribution in [0.15, 0.2) is 87.7 Å². The highest BCUT2D eigenvalue weighted by Gasteiger charge is 2.15. The van der Waals surface area contributed by atoms with Crippen molar-refractivity contribution in [2.24, 2.45) is 0 Å². The van der Waals surface area contributed by atoms with Crippen molar-refractivity contribution in [3.05, 3.63) is 100 Å². The average molecular weight is 591 g/mol. The van der Waals surface area contributed by atoms with Crippen LogP contribution in [0.25, 0.3) is 40.0 Å². The van der Waals surface area contributed by atoms with Crippen molar-refractivity contribution >= 4 is 69.3 Å². The first-order valence-corrected chi connectivity index (χ1v) is 13.6. The molecule has 0 aliphatic rings. The lowest BCUT2D eigenvalue weighted by Crippen LogP contribution is -2.32.